The van der Waals surface area contributed by atoms with E-state index in [4.69, 9.17) is 9.47 Å². The largest absolute Gasteiger partial charge is 0.497 e. The molecule has 0 radical (unpaired) electrons. The lowest BCUT2D eigenvalue weighted by Crippen LogP contribution is -2.53. The molecule has 194 valence electrons. The number of rotatable bonds is 6. The molecule has 3 heterocycles. The normalized spacial score (nSPS) is 17.9. The summed E-state index contributed by atoms with van der Waals surface area (Å²) < 4.78 is 10.6. The Morgan fingerprint density at radius 1 is 0.892 bits per heavy atom. The molecule has 0 aliphatic carbocycles. The summed E-state index contributed by atoms with van der Waals surface area (Å²) in [7, 11) is 3.14. The van der Waals surface area contributed by atoms with E-state index in [1.807, 2.05) is 16.2 Å². The van der Waals surface area contributed by atoms with Crippen LogP contribution in [0.25, 0.3) is 0 Å². The molecule has 0 saturated carbocycles. The third-order valence-electron chi connectivity index (χ3n) is 7.41. The smallest absolute Gasteiger partial charge is 0.254 e. The predicted molar refractivity (Wildman–Crippen MR) is 145 cm³/mol. The summed E-state index contributed by atoms with van der Waals surface area (Å²) in [6.07, 6.45) is 0.967. The van der Waals surface area contributed by atoms with Crippen LogP contribution < -0.4 is 9.47 Å². The average molecular weight is 520 g/mol. The van der Waals surface area contributed by atoms with E-state index in [-0.39, 0.29) is 17.9 Å². The Morgan fingerprint density at radius 3 is 2.24 bits per heavy atom. The maximum absolute atomic E-state index is 13.4. The number of carbonyl (C=O) groups excluding carboxylic acids is 2. The van der Waals surface area contributed by atoms with Gasteiger partial charge in [-0.3, -0.25) is 14.5 Å². The number of ether oxygens (including phenoxy) is 2. The number of piperazine rings is 1. The second-order valence-corrected chi connectivity index (χ2v) is 10.6. The van der Waals surface area contributed by atoms with Gasteiger partial charge >= 0.3 is 0 Å². The number of benzene rings is 2. The van der Waals surface area contributed by atoms with Crippen molar-refractivity contribution < 1.29 is 19.1 Å². The summed E-state index contributed by atoms with van der Waals surface area (Å²) in [6, 6.07) is 16.0. The van der Waals surface area contributed by atoms with Crippen LogP contribution in [0.5, 0.6) is 11.5 Å². The van der Waals surface area contributed by atoms with E-state index in [0.29, 0.717) is 49.8 Å². The van der Waals surface area contributed by atoms with Crippen molar-refractivity contribution in [3.8, 4) is 11.5 Å². The number of carbonyl (C=O) groups is 2. The molecule has 1 atom stereocenters. The Bertz CT molecular complexity index is 1260. The van der Waals surface area contributed by atoms with Gasteiger partial charge in [-0.2, -0.15) is 0 Å². The van der Waals surface area contributed by atoms with Gasteiger partial charge in [0, 0.05) is 49.2 Å². The Kier molecular flexibility index (Phi) is 7.48. The van der Waals surface area contributed by atoms with E-state index in [1.54, 1.807) is 37.3 Å². The molecule has 2 aliphatic rings. The molecule has 7 nitrogen and oxygen atoms in total. The van der Waals surface area contributed by atoms with Crippen molar-refractivity contribution in [3.63, 3.8) is 0 Å². The number of hydrogen-bond donors (Lipinski definition) is 0. The molecule has 0 spiro atoms. The lowest BCUT2D eigenvalue weighted by Gasteiger charge is -2.39. The average Bonchev–Trinajstić information content (AvgIpc) is 3.42. The fourth-order valence-corrected chi connectivity index (χ4v) is 6.25. The van der Waals surface area contributed by atoms with E-state index in [1.165, 1.54) is 21.6 Å². The maximum Gasteiger partial charge on any atom is 0.254 e. The number of fused-ring (bicyclic) bond motifs is 1. The summed E-state index contributed by atoms with van der Waals surface area (Å²) in [5.74, 6) is 1.20. The Balaban J connectivity index is 1.25. The van der Waals surface area contributed by atoms with Gasteiger partial charge in [-0.1, -0.05) is 24.3 Å². The van der Waals surface area contributed by atoms with Crippen LogP contribution in [0.3, 0.4) is 0 Å². The van der Waals surface area contributed by atoms with E-state index >= 15 is 0 Å². The van der Waals surface area contributed by atoms with Crippen LogP contribution in [0.2, 0.25) is 0 Å². The standard InChI is InChI=1S/C29H33N3O4S/c1-20-6-4-5-7-24(20)28-25-9-15-37-26(25)8-10-32(28)19-27(33)30-11-13-31(14-12-30)29(34)21-16-22(35-2)18-23(17-21)36-3/h4-7,9,15-18,28H,8,10-14,19H2,1-3H3/t28-/m1/s1. The molecular formula is C29H33N3O4S. The number of amides is 2. The molecule has 0 unspecified atom stereocenters. The quantitative estimate of drug-likeness (QED) is 0.493. The van der Waals surface area contributed by atoms with E-state index in [0.717, 1.165) is 13.0 Å². The van der Waals surface area contributed by atoms with Crippen molar-refractivity contribution in [2.24, 2.45) is 0 Å². The van der Waals surface area contributed by atoms with Gasteiger partial charge in [-0.15, -0.1) is 11.3 Å². The molecule has 2 aromatic carbocycles. The summed E-state index contributed by atoms with van der Waals surface area (Å²) in [5, 5.41) is 2.16. The van der Waals surface area contributed by atoms with Gasteiger partial charge < -0.3 is 19.3 Å². The third-order valence-corrected chi connectivity index (χ3v) is 8.40. The monoisotopic (exact) mass is 519 g/mol. The van der Waals surface area contributed by atoms with Crippen LogP contribution in [0.4, 0.5) is 0 Å². The first-order valence-electron chi connectivity index (χ1n) is 12.6. The molecule has 37 heavy (non-hydrogen) atoms. The fraction of sp³-hybridized carbons (Fsp3) is 0.379. The minimum Gasteiger partial charge on any atom is -0.497 e. The van der Waals surface area contributed by atoms with Gasteiger partial charge in [0.15, 0.2) is 0 Å². The topological polar surface area (TPSA) is 62.3 Å². The van der Waals surface area contributed by atoms with Crippen LogP contribution in [0.15, 0.2) is 53.9 Å². The van der Waals surface area contributed by atoms with Crippen molar-refractivity contribution in [2.45, 2.75) is 19.4 Å². The van der Waals surface area contributed by atoms with Gasteiger partial charge in [0.25, 0.3) is 5.91 Å². The Morgan fingerprint density at radius 2 is 1.57 bits per heavy atom. The first-order valence-corrected chi connectivity index (χ1v) is 13.5. The number of nitrogens with zero attached hydrogens (tertiary/aromatic N) is 3. The van der Waals surface area contributed by atoms with Crippen LogP contribution in [-0.4, -0.2) is 80.0 Å². The molecule has 0 bridgehead atoms. The summed E-state index contributed by atoms with van der Waals surface area (Å²) in [5.41, 5.74) is 4.35. The van der Waals surface area contributed by atoms with Gasteiger partial charge in [-0.05, 0) is 53.6 Å². The first-order chi connectivity index (χ1) is 18.0. The predicted octanol–water partition coefficient (Wildman–Crippen LogP) is 4.01. The van der Waals surface area contributed by atoms with Gasteiger partial charge in [-0.25, -0.2) is 0 Å². The van der Waals surface area contributed by atoms with Crippen LogP contribution in [0, 0.1) is 6.92 Å². The second-order valence-electron chi connectivity index (χ2n) is 9.55. The molecule has 3 aromatic rings. The molecule has 0 N–H and O–H groups in total. The van der Waals surface area contributed by atoms with E-state index < -0.39 is 0 Å². The minimum absolute atomic E-state index is 0.0788. The zero-order valence-electron chi connectivity index (χ0n) is 21.6. The molecule has 1 saturated heterocycles. The van der Waals surface area contributed by atoms with Crippen LogP contribution in [0.1, 0.15) is 38.0 Å². The number of hydrogen-bond acceptors (Lipinski definition) is 6. The van der Waals surface area contributed by atoms with Gasteiger partial charge in [0.2, 0.25) is 5.91 Å². The highest BCUT2D eigenvalue weighted by Crippen LogP contribution is 2.38. The van der Waals surface area contributed by atoms with Crippen LogP contribution in [-0.2, 0) is 11.2 Å². The first kappa shape index (κ1) is 25.3. The number of aryl methyl sites for hydroxylation is 1. The van der Waals surface area contributed by atoms with Gasteiger partial charge in [0.05, 0.1) is 26.8 Å². The summed E-state index contributed by atoms with van der Waals surface area (Å²) >= 11 is 1.81. The van der Waals surface area contributed by atoms with E-state index in [2.05, 4.69) is 47.5 Å². The Labute approximate surface area is 222 Å². The summed E-state index contributed by atoms with van der Waals surface area (Å²) in [6.45, 7) is 5.42. The lowest BCUT2D eigenvalue weighted by atomic mass is 9.90. The van der Waals surface area contributed by atoms with Crippen molar-refractivity contribution in [2.75, 3.05) is 53.5 Å². The van der Waals surface area contributed by atoms with Crippen molar-refractivity contribution >= 4 is 23.2 Å². The maximum atomic E-state index is 13.4. The number of methoxy groups -OCH3 is 2. The number of thiophene rings is 1. The highest BCUT2D eigenvalue weighted by molar-refractivity contribution is 7.10. The molecular weight excluding hydrogens is 486 g/mol. The highest BCUT2D eigenvalue weighted by atomic mass is 32.1. The molecule has 5 rings (SSSR count). The third kappa shape index (κ3) is 5.22. The SMILES string of the molecule is COc1cc(OC)cc(C(=O)N2CCN(C(=O)CN3CCc4sccc4[C@H]3c3ccccc3C)CC2)c1. The summed E-state index contributed by atoms with van der Waals surface area (Å²) in [4.78, 5) is 34.0. The minimum atomic E-state index is -0.0788. The van der Waals surface area contributed by atoms with Crippen molar-refractivity contribution in [1.29, 1.82) is 0 Å². The van der Waals surface area contributed by atoms with Crippen LogP contribution >= 0.6 is 11.3 Å². The Hall–Kier alpha value is -3.36. The van der Waals surface area contributed by atoms with Gasteiger partial charge in [0.1, 0.15) is 11.5 Å². The second kappa shape index (κ2) is 10.9. The lowest BCUT2D eigenvalue weighted by molar-refractivity contribution is -0.134. The molecule has 2 amide bonds. The molecule has 2 aliphatic heterocycles. The van der Waals surface area contributed by atoms with E-state index in [9.17, 15) is 9.59 Å². The zero-order chi connectivity index (χ0) is 25.9. The molecule has 1 fully saturated rings. The van der Waals surface area contributed by atoms with Crippen molar-refractivity contribution in [3.05, 3.63) is 81.0 Å². The highest BCUT2D eigenvalue weighted by Gasteiger charge is 2.33. The molecule has 8 heteroatoms. The molecule has 1 aromatic heterocycles. The fourth-order valence-electron chi connectivity index (χ4n) is 5.34. The van der Waals surface area contributed by atoms with Crippen molar-refractivity contribution in [1.82, 2.24) is 14.7 Å². The zero-order valence-corrected chi connectivity index (χ0v) is 22.4.